The number of aliphatic hydroxyl groups is 1. The molecule has 0 spiro atoms. The van der Waals surface area contributed by atoms with Crippen molar-refractivity contribution in [2.24, 2.45) is 0 Å². The molecule has 0 radical (unpaired) electrons. The van der Waals surface area contributed by atoms with Crippen molar-refractivity contribution in [3.05, 3.63) is 42.6 Å². The summed E-state index contributed by atoms with van der Waals surface area (Å²) in [5, 5.41) is 12.6. The number of nitrogens with zero attached hydrogens (tertiary/aromatic N) is 3. The van der Waals surface area contributed by atoms with Gasteiger partial charge in [-0.1, -0.05) is 6.07 Å². The number of oxazole rings is 1. The molecule has 7 heteroatoms. The molecule has 2 amide bonds. The summed E-state index contributed by atoms with van der Waals surface area (Å²) in [6.07, 6.45) is 1.67. The van der Waals surface area contributed by atoms with E-state index in [-0.39, 0.29) is 12.6 Å². The first-order chi connectivity index (χ1) is 11.8. The lowest BCUT2D eigenvalue weighted by atomic mass is 10.1. The minimum Gasteiger partial charge on any atom is -0.435 e. The Kier molecular flexibility index (Phi) is 4.41. The van der Waals surface area contributed by atoms with Crippen LogP contribution in [0.5, 0.6) is 0 Å². The summed E-state index contributed by atoms with van der Waals surface area (Å²) in [5.41, 5.74) is 1.52. The molecule has 0 bridgehead atoms. The van der Waals surface area contributed by atoms with Gasteiger partial charge >= 0.3 is 6.03 Å². The summed E-state index contributed by atoms with van der Waals surface area (Å²) in [6, 6.07) is 10.4. The zero-order valence-corrected chi connectivity index (χ0v) is 14.4. The van der Waals surface area contributed by atoms with Crippen LogP contribution in [0.4, 0.5) is 10.5 Å². The van der Waals surface area contributed by atoms with Crippen LogP contribution in [0.25, 0.3) is 22.7 Å². The van der Waals surface area contributed by atoms with Crippen LogP contribution in [0, 0.1) is 0 Å². The predicted molar refractivity (Wildman–Crippen MR) is 95.2 cm³/mol. The number of pyridine rings is 1. The fourth-order valence-corrected chi connectivity index (χ4v) is 2.47. The van der Waals surface area contributed by atoms with E-state index in [1.807, 2.05) is 18.2 Å². The summed E-state index contributed by atoms with van der Waals surface area (Å²) < 4.78 is 5.74. The van der Waals surface area contributed by atoms with Crippen LogP contribution in [0.2, 0.25) is 0 Å². The highest BCUT2D eigenvalue weighted by Gasteiger charge is 2.19. The van der Waals surface area contributed by atoms with E-state index in [0.717, 1.165) is 0 Å². The monoisotopic (exact) mass is 340 g/mol. The maximum Gasteiger partial charge on any atom is 0.321 e. The zero-order chi connectivity index (χ0) is 18.0. The molecule has 7 nitrogen and oxygen atoms in total. The summed E-state index contributed by atoms with van der Waals surface area (Å²) in [7, 11) is 1.62. The fraction of sp³-hybridized carbons (Fsp3) is 0.278. The van der Waals surface area contributed by atoms with Gasteiger partial charge < -0.3 is 19.7 Å². The van der Waals surface area contributed by atoms with Crippen LogP contribution in [0.1, 0.15) is 13.8 Å². The lowest BCUT2D eigenvalue weighted by Crippen LogP contribution is -2.41. The van der Waals surface area contributed by atoms with Crippen LogP contribution in [0.15, 0.2) is 47.0 Å². The first-order valence-corrected chi connectivity index (χ1v) is 7.88. The molecule has 0 aliphatic carbocycles. The number of carbonyl (C=O) groups excluding carboxylic acids is 1. The maximum atomic E-state index is 12.2. The second-order valence-corrected chi connectivity index (χ2v) is 6.52. The average Bonchev–Trinajstić information content (AvgIpc) is 2.97. The van der Waals surface area contributed by atoms with Gasteiger partial charge in [-0.15, -0.1) is 0 Å². The van der Waals surface area contributed by atoms with Crippen LogP contribution in [-0.2, 0) is 0 Å². The fourth-order valence-electron chi connectivity index (χ4n) is 2.47. The molecule has 3 aromatic rings. The third-order valence-electron chi connectivity index (χ3n) is 3.49. The molecule has 0 aliphatic rings. The second-order valence-electron chi connectivity index (χ2n) is 6.52. The number of nitrogens with one attached hydrogen (secondary N) is 1. The molecule has 0 atom stereocenters. The topological polar surface area (TPSA) is 91.5 Å². The molecule has 0 aliphatic heterocycles. The van der Waals surface area contributed by atoms with Gasteiger partial charge in [0.2, 0.25) is 5.89 Å². The van der Waals surface area contributed by atoms with Gasteiger partial charge in [-0.2, -0.15) is 0 Å². The van der Waals surface area contributed by atoms with E-state index in [9.17, 15) is 9.90 Å². The highest BCUT2D eigenvalue weighted by molar-refractivity contribution is 5.91. The number of rotatable bonds is 4. The third kappa shape index (κ3) is 4.13. The van der Waals surface area contributed by atoms with E-state index in [1.165, 1.54) is 4.90 Å². The number of benzene rings is 1. The average molecular weight is 340 g/mol. The predicted octanol–water partition coefficient (Wildman–Crippen LogP) is 3.12. The summed E-state index contributed by atoms with van der Waals surface area (Å²) in [5.74, 6) is 0.429. The first-order valence-electron chi connectivity index (χ1n) is 7.88. The Hall–Kier alpha value is -2.93. The Bertz CT molecular complexity index is 884. The van der Waals surface area contributed by atoms with Crippen LogP contribution in [0.3, 0.4) is 0 Å². The van der Waals surface area contributed by atoms with Gasteiger partial charge in [-0.25, -0.2) is 9.78 Å². The smallest absolute Gasteiger partial charge is 0.321 e. The first kappa shape index (κ1) is 16.9. The van der Waals surface area contributed by atoms with Crippen molar-refractivity contribution in [2.45, 2.75) is 19.4 Å². The van der Waals surface area contributed by atoms with E-state index in [1.54, 1.807) is 45.3 Å². The quantitative estimate of drug-likeness (QED) is 0.761. The summed E-state index contributed by atoms with van der Waals surface area (Å²) >= 11 is 0. The van der Waals surface area contributed by atoms with E-state index >= 15 is 0 Å². The van der Waals surface area contributed by atoms with Crippen molar-refractivity contribution in [1.82, 2.24) is 14.9 Å². The SMILES string of the molecule is CN(CC(C)(C)O)C(=O)Nc1ccc2nc(-c3ccccn3)oc2c1. The molecule has 1 aromatic carbocycles. The largest absolute Gasteiger partial charge is 0.435 e. The number of hydrogen-bond acceptors (Lipinski definition) is 5. The Labute approximate surface area is 145 Å². The molecule has 25 heavy (non-hydrogen) atoms. The van der Waals surface area contributed by atoms with E-state index < -0.39 is 5.60 Å². The standard InChI is InChI=1S/C18H20N4O3/c1-18(2,24)11-22(3)17(23)20-12-7-8-13-15(10-12)25-16(21-13)14-6-4-5-9-19-14/h4-10,24H,11H2,1-3H3,(H,20,23). The molecule has 0 fully saturated rings. The van der Waals surface area contributed by atoms with Gasteiger partial charge in [0, 0.05) is 25.0 Å². The molecule has 3 rings (SSSR count). The molecule has 0 saturated heterocycles. The van der Waals surface area contributed by atoms with Crippen molar-refractivity contribution in [2.75, 3.05) is 18.9 Å². The van der Waals surface area contributed by atoms with E-state index in [0.29, 0.717) is 28.4 Å². The number of fused-ring (bicyclic) bond motifs is 1. The van der Waals surface area contributed by atoms with Gasteiger partial charge in [0.15, 0.2) is 5.58 Å². The molecular formula is C18H20N4O3. The Morgan fingerprint density at radius 3 is 2.80 bits per heavy atom. The lowest BCUT2D eigenvalue weighted by Gasteiger charge is -2.25. The molecule has 2 heterocycles. The van der Waals surface area contributed by atoms with Crippen molar-refractivity contribution < 1.29 is 14.3 Å². The number of anilines is 1. The van der Waals surface area contributed by atoms with Crippen molar-refractivity contribution >= 4 is 22.8 Å². The zero-order valence-electron chi connectivity index (χ0n) is 14.4. The van der Waals surface area contributed by atoms with Gasteiger partial charge in [0.25, 0.3) is 0 Å². The highest BCUT2D eigenvalue weighted by Crippen LogP contribution is 2.25. The van der Waals surface area contributed by atoms with Gasteiger partial charge in [0.05, 0.1) is 12.1 Å². The molecule has 0 saturated carbocycles. The van der Waals surface area contributed by atoms with Gasteiger partial charge in [-0.3, -0.25) is 4.98 Å². The molecule has 130 valence electrons. The van der Waals surface area contributed by atoms with Crippen LogP contribution in [-0.4, -0.2) is 45.2 Å². The van der Waals surface area contributed by atoms with E-state index in [2.05, 4.69) is 15.3 Å². The summed E-state index contributed by atoms with van der Waals surface area (Å²) in [4.78, 5) is 22.2. The normalized spacial score (nSPS) is 11.5. The van der Waals surface area contributed by atoms with Crippen molar-refractivity contribution in [1.29, 1.82) is 0 Å². The highest BCUT2D eigenvalue weighted by atomic mass is 16.3. The van der Waals surface area contributed by atoms with Crippen LogP contribution >= 0.6 is 0 Å². The molecular weight excluding hydrogens is 320 g/mol. The maximum absolute atomic E-state index is 12.2. The van der Waals surface area contributed by atoms with Crippen molar-refractivity contribution in [3.63, 3.8) is 0 Å². The number of amides is 2. The minimum absolute atomic E-state index is 0.215. The second kappa shape index (κ2) is 6.52. The minimum atomic E-state index is -0.960. The Morgan fingerprint density at radius 2 is 2.12 bits per heavy atom. The van der Waals surface area contributed by atoms with E-state index in [4.69, 9.17) is 4.42 Å². The molecule has 0 unspecified atom stereocenters. The number of likely N-dealkylation sites (N-methyl/N-ethyl adjacent to an activating group) is 1. The summed E-state index contributed by atoms with van der Waals surface area (Å²) in [6.45, 7) is 3.51. The Balaban J connectivity index is 1.78. The third-order valence-corrected chi connectivity index (χ3v) is 3.49. The van der Waals surface area contributed by atoms with Crippen molar-refractivity contribution in [3.8, 4) is 11.6 Å². The Morgan fingerprint density at radius 1 is 1.32 bits per heavy atom. The number of urea groups is 1. The van der Waals surface area contributed by atoms with Gasteiger partial charge in [0.1, 0.15) is 11.2 Å². The van der Waals surface area contributed by atoms with Gasteiger partial charge in [-0.05, 0) is 38.1 Å². The number of hydrogen-bond donors (Lipinski definition) is 2. The lowest BCUT2D eigenvalue weighted by molar-refractivity contribution is 0.0550. The number of carbonyl (C=O) groups is 1. The molecule has 2 aromatic heterocycles. The molecule has 2 N–H and O–H groups in total. The number of aromatic nitrogens is 2. The van der Waals surface area contributed by atoms with Crippen LogP contribution < -0.4 is 5.32 Å².